The molecule has 0 unspecified atom stereocenters. The van der Waals surface area contributed by atoms with Crippen molar-refractivity contribution < 1.29 is 14.1 Å². The third kappa shape index (κ3) is 1.69. The van der Waals surface area contributed by atoms with Crippen LogP contribution in [0.5, 0.6) is 5.75 Å². The van der Waals surface area contributed by atoms with Crippen molar-refractivity contribution >= 4 is 6.29 Å². The van der Waals surface area contributed by atoms with E-state index in [1.807, 2.05) is 25.1 Å². The number of carbonyl (C=O) groups is 1. The topological polar surface area (TPSA) is 52.3 Å². The quantitative estimate of drug-likeness (QED) is 0.741. The van der Waals surface area contributed by atoms with Crippen LogP contribution in [0.1, 0.15) is 15.9 Å². The van der Waals surface area contributed by atoms with Gasteiger partial charge in [0.2, 0.25) is 0 Å². The number of aromatic nitrogens is 1. The van der Waals surface area contributed by atoms with E-state index in [-0.39, 0.29) is 0 Å². The van der Waals surface area contributed by atoms with Gasteiger partial charge in [0.1, 0.15) is 5.75 Å². The Morgan fingerprint density at radius 3 is 2.94 bits per heavy atom. The van der Waals surface area contributed by atoms with Crippen molar-refractivity contribution in [3.8, 4) is 17.1 Å². The number of aldehydes is 1. The zero-order valence-electron chi connectivity index (χ0n) is 9.06. The fourth-order valence-corrected chi connectivity index (χ4v) is 1.52. The van der Waals surface area contributed by atoms with E-state index in [2.05, 4.69) is 5.16 Å². The van der Waals surface area contributed by atoms with Gasteiger partial charge in [-0.05, 0) is 24.6 Å². The molecule has 0 saturated heterocycles. The van der Waals surface area contributed by atoms with Crippen molar-refractivity contribution in [2.24, 2.45) is 0 Å². The standard InChI is InChI=1S/C12H11NO3/c1-8-3-4-10(11(5-8)15-2)12-9(7-14)6-13-16-12/h3-7H,1-2H3. The Morgan fingerprint density at radius 2 is 2.25 bits per heavy atom. The van der Waals surface area contributed by atoms with Gasteiger partial charge in [0.25, 0.3) is 0 Å². The minimum Gasteiger partial charge on any atom is -0.496 e. The molecule has 0 N–H and O–H groups in total. The Hall–Kier alpha value is -2.10. The van der Waals surface area contributed by atoms with Gasteiger partial charge in [-0.25, -0.2) is 0 Å². The normalized spacial score (nSPS) is 10.1. The molecule has 4 nitrogen and oxygen atoms in total. The zero-order valence-corrected chi connectivity index (χ0v) is 9.06. The maximum atomic E-state index is 10.8. The second-order valence-electron chi connectivity index (χ2n) is 3.43. The molecule has 16 heavy (non-hydrogen) atoms. The molecule has 0 amide bonds. The van der Waals surface area contributed by atoms with Crippen LogP contribution in [0.25, 0.3) is 11.3 Å². The second kappa shape index (κ2) is 4.18. The van der Waals surface area contributed by atoms with Gasteiger partial charge in [0, 0.05) is 0 Å². The van der Waals surface area contributed by atoms with Crippen molar-refractivity contribution in [2.45, 2.75) is 6.92 Å². The fourth-order valence-electron chi connectivity index (χ4n) is 1.52. The Labute approximate surface area is 92.8 Å². The molecule has 0 spiro atoms. The van der Waals surface area contributed by atoms with Crippen LogP contribution in [-0.4, -0.2) is 18.6 Å². The van der Waals surface area contributed by atoms with E-state index in [0.717, 1.165) is 11.1 Å². The molecule has 2 aromatic rings. The summed E-state index contributed by atoms with van der Waals surface area (Å²) >= 11 is 0. The predicted molar refractivity (Wildman–Crippen MR) is 58.6 cm³/mol. The molecule has 0 aliphatic rings. The highest BCUT2D eigenvalue weighted by Gasteiger charge is 2.14. The molecule has 1 aromatic heterocycles. The number of benzene rings is 1. The Kier molecular flexibility index (Phi) is 2.72. The van der Waals surface area contributed by atoms with Crippen LogP contribution >= 0.6 is 0 Å². The molecule has 4 heteroatoms. The first kappa shape index (κ1) is 10.4. The van der Waals surface area contributed by atoms with Crippen molar-refractivity contribution in [1.82, 2.24) is 5.16 Å². The molecular weight excluding hydrogens is 206 g/mol. The van der Waals surface area contributed by atoms with E-state index in [1.54, 1.807) is 7.11 Å². The average molecular weight is 217 g/mol. The molecule has 2 rings (SSSR count). The highest BCUT2D eigenvalue weighted by Crippen LogP contribution is 2.32. The number of aryl methyl sites for hydroxylation is 1. The minimum atomic E-state index is 0.419. The molecule has 82 valence electrons. The molecule has 0 aliphatic carbocycles. The van der Waals surface area contributed by atoms with Gasteiger partial charge in [-0.3, -0.25) is 4.79 Å². The van der Waals surface area contributed by atoms with Crippen LogP contribution in [-0.2, 0) is 0 Å². The third-order valence-electron chi connectivity index (χ3n) is 2.33. The van der Waals surface area contributed by atoms with Gasteiger partial charge in [-0.2, -0.15) is 0 Å². The van der Waals surface area contributed by atoms with E-state index in [9.17, 15) is 4.79 Å². The predicted octanol–water partition coefficient (Wildman–Crippen LogP) is 2.47. The largest absolute Gasteiger partial charge is 0.496 e. The van der Waals surface area contributed by atoms with Gasteiger partial charge >= 0.3 is 0 Å². The van der Waals surface area contributed by atoms with Crippen LogP contribution in [0.2, 0.25) is 0 Å². The molecule has 0 radical (unpaired) electrons. The summed E-state index contributed by atoms with van der Waals surface area (Å²) in [5, 5.41) is 3.61. The first-order valence-corrected chi connectivity index (χ1v) is 4.81. The summed E-state index contributed by atoms with van der Waals surface area (Å²) in [7, 11) is 1.58. The number of rotatable bonds is 3. The summed E-state index contributed by atoms with van der Waals surface area (Å²) in [6.45, 7) is 1.97. The molecule has 1 heterocycles. The summed E-state index contributed by atoms with van der Waals surface area (Å²) in [5.41, 5.74) is 2.22. The molecule has 1 aromatic carbocycles. The smallest absolute Gasteiger partial charge is 0.181 e. The molecular formula is C12H11NO3. The van der Waals surface area contributed by atoms with Gasteiger partial charge in [-0.1, -0.05) is 11.2 Å². The second-order valence-corrected chi connectivity index (χ2v) is 3.43. The maximum absolute atomic E-state index is 10.8. The Balaban J connectivity index is 2.59. The SMILES string of the molecule is COc1cc(C)ccc1-c1oncc1C=O. The summed E-state index contributed by atoms with van der Waals surface area (Å²) in [6, 6.07) is 5.66. The van der Waals surface area contributed by atoms with E-state index in [0.29, 0.717) is 23.4 Å². The number of methoxy groups -OCH3 is 1. The van der Waals surface area contributed by atoms with Crippen molar-refractivity contribution in [2.75, 3.05) is 7.11 Å². The lowest BCUT2D eigenvalue weighted by Crippen LogP contribution is -1.90. The van der Waals surface area contributed by atoms with Gasteiger partial charge in [0.15, 0.2) is 12.0 Å². The summed E-state index contributed by atoms with van der Waals surface area (Å²) in [6.07, 6.45) is 2.10. The number of carbonyl (C=O) groups excluding carboxylic acids is 1. The van der Waals surface area contributed by atoms with Crippen LogP contribution in [0, 0.1) is 6.92 Å². The zero-order chi connectivity index (χ0) is 11.5. The van der Waals surface area contributed by atoms with Crippen LogP contribution in [0.4, 0.5) is 0 Å². The Morgan fingerprint density at radius 1 is 1.44 bits per heavy atom. The lowest BCUT2D eigenvalue weighted by molar-refractivity contribution is 0.112. The lowest BCUT2D eigenvalue weighted by Gasteiger charge is -2.06. The van der Waals surface area contributed by atoms with Crippen molar-refractivity contribution in [3.05, 3.63) is 35.5 Å². The van der Waals surface area contributed by atoms with E-state index in [1.165, 1.54) is 6.20 Å². The van der Waals surface area contributed by atoms with Crippen LogP contribution in [0.15, 0.2) is 28.9 Å². The highest BCUT2D eigenvalue weighted by atomic mass is 16.5. The monoisotopic (exact) mass is 217 g/mol. The molecule has 0 saturated carbocycles. The Bertz CT molecular complexity index is 517. The van der Waals surface area contributed by atoms with Crippen molar-refractivity contribution in [3.63, 3.8) is 0 Å². The first-order valence-electron chi connectivity index (χ1n) is 4.81. The number of hydrogen-bond acceptors (Lipinski definition) is 4. The van der Waals surface area contributed by atoms with Gasteiger partial charge < -0.3 is 9.26 Å². The lowest BCUT2D eigenvalue weighted by atomic mass is 10.1. The minimum absolute atomic E-state index is 0.419. The van der Waals surface area contributed by atoms with Crippen LogP contribution in [0.3, 0.4) is 0 Å². The van der Waals surface area contributed by atoms with Gasteiger partial charge in [0.05, 0.1) is 24.4 Å². The summed E-state index contributed by atoms with van der Waals surface area (Å²) < 4.78 is 10.3. The average Bonchev–Trinajstić information content (AvgIpc) is 2.76. The molecule has 0 atom stereocenters. The van der Waals surface area contributed by atoms with E-state index in [4.69, 9.17) is 9.26 Å². The molecule has 0 fully saturated rings. The van der Waals surface area contributed by atoms with E-state index < -0.39 is 0 Å². The maximum Gasteiger partial charge on any atom is 0.181 e. The summed E-state index contributed by atoms with van der Waals surface area (Å²) in [5.74, 6) is 1.10. The number of ether oxygens (including phenoxy) is 1. The molecule has 0 bridgehead atoms. The summed E-state index contributed by atoms with van der Waals surface area (Å²) in [4.78, 5) is 10.8. The fraction of sp³-hybridized carbons (Fsp3) is 0.167. The number of nitrogens with zero attached hydrogens (tertiary/aromatic N) is 1. The highest BCUT2D eigenvalue weighted by molar-refractivity contribution is 5.86. The number of hydrogen-bond donors (Lipinski definition) is 0. The molecule has 0 aliphatic heterocycles. The van der Waals surface area contributed by atoms with E-state index >= 15 is 0 Å². The third-order valence-corrected chi connectivity index (χ3v) is 2.33. The van der Waals surface area contributed by atoms with Crippen LogP contribution < -0.4 is 4.74 Å². The van der Waals surface area contributed by atoms with Gasteiger partial charge in [-0.15, -0.1) is 0 Å². The van der Waals surface area contributed by atoms with Crippen molar-refractivity contribution in [1.29, 1.82) is 0 Å². The first-order chi connectivity index (χ1) is 7.76.